The van der Waals surface area contributed by atoms with Gasteiger partial charge in [-0.15, -0.1) is 0 Å². The number of aromatic nitrogens is 3. The van der Waals surface area contributed by atoms with E-state index in [4.69, 9.17) is 4.74 Å². The lowest BCUT2D eigenvalue weighted by Crippen LogP contribution is -2.15. The number of aromatic hydroxyl groups is 1. The number of anilines is 4. The molecule has 0 amide bonds. The van der Waals surface area contributed by atoms with Crippen molar-refractivity contribution in [2.45, 2.75) is 6.92 Å². The Labute approximate surface area is 173 Å². The normalized spacial score (nSPS) is 10.8. The zero-order valence-electron chi connectivity index (χ0n) is 16.8. The SMILES string of the molecule is CCOc1cc(/C=N\Nc2nc(Nc3ccc(F)cc3)nc(N(C)C)n2)ccc1O. The average molecular weight is 411 g/mol. The Hall–Kier alpha value is -3.95. The van der Waals surface area contributed by atoms with E-state index in [1.165, 1.54) is 18.2 Å². The van der Waals surface area contributed by atoms with Crippen LogP contribution in [0.2, 0.25) is 0 Å². The molecular formula is C20H22FN7O2. The first-order chi connectivity index (χ1) is 14.4. The summed E-state index contributed by atoms with van der Waals surface area (Å²) >= 11 is 0. The molecule has 3 aromatic rings. The van der Waals surface area contributed by atoms with Gasteiger partial charge in [-0.3, -0.25) is 0 Å². The molecule has 2 aromatic carbocycles. The zero-order chi connectivity index (χ0) is 21.5. The Kier molecular flexibility index (Phi) is 6.58. The van der Waals surface area contributed by atoms with E-state index in [0.717, 1.165) is 5.56 Å². The molecule has 0 saturated carbocycles. The molecule has 3 N–H and O–H groups in total. The summed E-state index contributed by atoms with van der Waals surface area (Å²) in [4.78, 5) is 14.6. The van der Waals surface area contributed by atoms with Crippen molar-refractivity contribution in [3.8, 4) is 11.5 Å². The van der Waals surface area contributed by atoms with E-state index in [9.17, 15) is 9.50 Å². The van der Waals surface area contributed by atoms with Crippen molar-refractivity contribution in [3.05, 3.63) is 53.8 Å². The van der Waals surface area contributed by atoms with Crippen LogP contribution in [0.1, 0.15) is 12.5 Å². The number of hydrogen-bond donors (Lipinski definition) is 3. The van der Waals surface area contributed by atoms with Gasteiger partial charge in [0.15, 0.2) is 11.5 Å². The first kappa shape index (κ1) is 20.8. The van der Waals surface area contributed by atoms with Crippen LogP contribution in [0.4, 0.5) is 27.9 Å². The summed E-state index contributed by atoms with van der Waals surface area (Å²) in [6.45, 7) is 2.27. The van der Waals surface area contributed by atoms with Crippen LogP contribution in [0.3, 0.4) is 0 Å². The summed E-state index contributed by atoms with van der Waals surface area (Å²) in [5, 5.41) is 16.9. The second-order valence-electron chi connectivity index (χ2n) is 6.34. The highest BCUT2D eigenvalue weighted by atomic mass is 19.1. The van der Waals surface area contributed by atoms with E-state index in [2.05, 4.69) is 30.8 Å². The molecule has 10 heteroatoms. The van der Waals surface area contributed by atoms with E-state index < -0.39 is 0 Å². The van der Waals surface area contributed by atoms with Gasteiger partial charge in [-0.25, -0.2) is 9.82 Å². The molecule has 0 fully saturated rings. The van der Waals surface area contributed by atoms with E-state index in [1.54, 1.807) is 49.5 Å². The molecule has 3 rings (SSSR count). The first-order valence-corrected chi connectivity index (χ1v) is 9.15. The fourth-order valence-electron chi connectivity index (χ4n) is 2.38. The van der Waals surface area contributed by atoms with Crippen LogP contribution in [0.5, 0.6) is 11.5 Å². The molecule has 30 heavy (non-hydrogen) atoms. The molecule has 0 aliphatic rings. The van der Waals surface area contributed by atoms with Gasteiger partial charge in [0.2, 0.25) is 17.8 Å². The number of nitrogens with one attached hydrogen (secondary N) is 2. The third-order valence-corrected chi connectivity index (χ3v) is 3.79. The van der Waals surface area contributed by atoms with Crippen LogP contribution < -0.4 is 20.4 Å². The molecule has 1 heterocycles. The van der Waals surface area contributed by atoms with Crippen LogP contribution in [0.25, 0.3) is 0 Å². The van der Waals surface area contributed by atoms with Gasteiger partial charge in [0.25, 0.3) is 0 Å². The maximum atomic E-state index is 13.1. The molecule has 1 aromatic heterocycles. The van der Waals surface area contributed by atoms with Crippen LogP contribution in [0, 0.1) is 5.82 Å². The summed E-state index contributed by atoms with van der Waals surface area (Å²) in [6.07, 6.45) is 1.55. The third kappa shape index (κ3) is 5.53. The van der Waals surface area contributed by atoms with Crippen LogP contribution >= 0.6 is 0 Å². The second-order valence-corrected chi connectivity index (χ2v) is 6.34. The molecule has 0 spiro atoms. The van der Waals surface area contributed by atoms with Crippen molar-refractivity contribution in [1.82, 2.24) is 15.0 Å². The average Bonchev–Trinajstić information content (AvgIpc) is 2.72. The molecule has 0 aliphatic heterocycles. The molecular weight excluding hydrogens is 389 g/mol. The minimum Gasteiger partial charge on any atom is -0.504 e. The fraction of sp³-hybridized carbons (Fsp3) is 0.200. The molecule has 156 valence electrons. The lowest BCUT2D eigenvalue weighted by atomic mass is 10.2. The van der Waals surface area contributed by atoms with E-state index in [1.807, 2.05) is 6.92 Å². The Morgan fingerprint density at radius 3 is 2.53 bits per heavy atom. The zero-order valence-corrected chi connectivity index (χ0v) is 16.8. The number of rotatable bonds is 8. The Balaban J connectivity index is 1.78. The molecule has 0 aliphatic carbocycles. The summed E-state index contributed by atoms with van der Waals surface area (Å²) in [5.74, 6) is 1.02. The largest absolute Gasteiger partial charge is 0.504 e. The quantitative estimate of drug-likeness (QED) is 0.383. The van der Waals surface area contributed by atoms with Crippen LogP contribution in [-0.2, 0) is 0 Å². The predicted octanol–water partition coefficient (Wildman–Crippen LogP) is 3.37. The topological polar surface area (TPSA) is 108 Å². The van der Waals surface area contributed by atoms with Crippen LogP contribution in [0.15, 0.2) is 47.6 Å². The number of benzene rings is 2. The second kappa shape index (κ2) is 9.50. The minimum atomic E-state index is -0.330. The number of hydrogen-bond acceptors (Lipinski definition) is 9. The predicted molar refractivity (Wildman–Crippen MR) is 114 cm³/mol. The monoisotopic (exact) mass is 411 g/mol. The number of phenols is 1. The van der Waals surface area contributed by atoms with E-state index in [0.29, 0.717) is 24.0 Å². The lowest BCUT2D eigenvalue weighted by molar-refractivity contribution is 0.318. The van der Waals surface area contributed by atoms with E-state index >= 15 is 0 Å². The Bertz CT molecular complexity index is 1030. The highest BCUT2D eigenvalue weighted by Gasteiger charge is 2.08. The van der Waals surface area contributed by atoms with Gasteiger partial charge in [-0.2, -0.15) is 20.1 Å². The van der Waals surface area contributed by atoms with Crippen molar-refractivity contribution >= 4 is 29.7 Å². The molecule has 0 saturated heterocycles. The van der Waals surface area contributed by atoms with Gasteiger partial charge in [0, 0.05) is 19.8 Å². The lowest BCUT2D eigenvalue weighted by Gasteiger charge is -2.13. The Morgan fingerprint density at radius 1 is 1.10 bits per heavy atom. The van der Waals surface area contributed by atoms with Gasteiger partial charge in [-0.05, 0) is 55.0 Å². The van der Waals surface area contributed by atoms with Crippen LogP contribution in [-0.4, -0.2) is 47.0 Å². The maximum Gasteiger partial charge on any atom is 0.250 e. The summed E-state index contributed by atoms with van der Waals surface area (Å²) in [6, 6.07) is 10.8. The van der Waals surface area contributed by atoms with Crippen molar-refractivity contribution < 1.29 is 14.2 Å². The van der Waals surface area contributed by atoms with Crippen molar-refractivity contribution in [2.24, 2.45) is 5.10 Å². The molecule has 0 bridgehead atoms. The van der Waals surface area contributed by atoms with E-state index in [-0.39, 0.29) is 23.5 Å². The summed E-state index contributed by atoms with van der Waals surface area (Å²) < 4.78 is 18.5. The minimum absolute atomic E-state index is 0.0616. The van der Waals surface area contributed by atoms with Gasteiger partial charge in [0.05, 0.1) is 12.8 Å². The van der Waals surface area contributed by atoms with Gasteiger partial charge >= 0.3 is 0 Å². The first-order valence-electron chi connectivity index (χ1n) is 9.15. The van der Waals surface area contributed by atoms with Crippen molar-refractivity contribution in [3.63, 3.8) is 0 Å². The standard InChI is InChI=1S/C20H22FN7O2/c1-4-30-17-11-13(5-10-16(17)29)12-22-27-19-24-18(25-20(26-19)28(2)3)23-15-8-6-14(21)7-9-15/h5-12,29H,4H2,1-3H3,(H2,23,24,25,26,27)/b22-12-. The number of nitrogens with zero attached hydrogens (tertiary/aromatic N) is 5. The molecule has 9 nitrogen and oxygen atoms in total. The number of ether oxygens (including phenoxy) is 1. The Morgan fingerprint density at radius 2 is 1.83 bits per heavy atom. The molecule has 0 radical (unpaired) electrons. The maximum absolute atomic E-state index is 13.1. The highest BCUT2D eigenvalue weighted by molar-refractivity contribution is 5.81. The highest BCUT2D eigenvalue weighted by Crippen LogP contribution is 2.26. The fourth-order valence-corrected chi connectivity index (χ4v) is 2.38. The molecule has 0 unspecified atom stereocenters. The summed E-state index contributed by atoms with van der Waals surface area (Å²) in [7, 11) is 3.60. The number of phenolic OH excluding ortho intramolecular Hbond substituents is 1. The van der Waals surface area contributed by atoms with Gasteiger partial charge < -0.3 is 20.1 Å². The smallest absolute Gasteiger partial charge is 0.250 e. The van der Waals surface area contributed by atoms with Gasteiger partial charge in [-0.1, -0.05) is 0 Å². The van der Waals surface area contributed by atoms with Crippen molar-refractivity contribution in [1.29, 1.82) is 0 Å². The number of hydrazone groups is 1. The summed E-state index contributed by atoms with van der Waals surface area (Å²) in [5.41, 5.74) is 4.12. The molecule has 0 atom stereocenters. The van der Waals surface area contributed by atoms with Crippen molar-refractivity contribution in [2.75, 3.05) is 36.3 Å². The third-order valence-electron chi connectivity index (χ3n) is 3.79. The van der Waals surface area contributed by atoms with Gasteiger partial charge in [0.1, 0.15) is 5.82 Å². The number of halogens is 1.